The molecule has 0 aromatic heterocycles. The maximum atomic E-state index is 12.2. The Bertz CT molecular complexity index is 462. The van der Waals surface area contributed by atoms with Crippen LogP contribution in [0.3, 0.4) is 0 Å². The summed E-state index contributed by atoms with van der Waals surface area (Å²) in [6.07, 6.45) is 6.13. The van der Waals surface area contributed by atoms with Gasteiger partial charge in [0.05, 0.1) is 0 Å². The second-order valence-electron chi connectivity index (χ2n) is 6.00. The van der Waals surface area contributed by atoms with E-state index < -0.39 is 0 Å². The summed E-state index contributed by atoms with van der Waals surface area (Å²) in [5.41, 5.74) is 2.21. The number of carbonyl (C=O) groups excluding carboxylic acids is 1. The SMILES string of the molecule is O=C(Nc1ccc(N2CCCCC2)cc1)C1CCCSC1. The van der Waals surface area contributed by atoms with E-state index in [2.05, 4.69) is 22.3 Å². The molecule has 1 atom stereocenters. The van der Waals surface area contributed by atoms with Crippen LogP contribution in [0.1, 0.15) is 32.1 Å². The lowest BCUT2D eigenvalue weighted by Gasteiger charge is -2.29. The van der Waals surface area contributed by atoms with Crippen molar-refractivity contribution in [3.05, 3.63) is 24.3 Å². The molecule has 2 aliphatic heterocycles. The van der Waals surface area contributed by atoms with E-state index in [0.29, 0.717) is 0 Å². The molecule has 21 heavy (non-hydrogen) atoms. The smallest absolute Gasteiger partial charge is 0.228 e. The van der Waals surface area contributed by atoms with Crippen LogP contribution < -0.4 is 10.2 Å². The third-order valence-electron chi connectivity index (χ3n) is 4.39. The standard InChI is InChI=1S/C17H24N2OS/c20-17(14-5-4-12-21-13-14)18-15-6-8-16(9-7-15)19-10-2-1-3-11-19/h6-9,14H,1-5,10-13H2,(H,18,20). The van der Waals surface area contributed by atoms with Crippen LogP contribution in [0.4, 0.5) is 11.4 Å². The molecular weight excluding hydrogens is 280 g/mol. The molecule has 0 spiro atoms. The van der Waals surface area contributed by atoms with Gasteiger partial charge in [0.1, 0.15) is 0 Å². The largest absolute Gasteiger partial charge is 0.372 e. The monoisotopic (exact) mass is 304 g/mol. The van der Waals surface area contributed by atoms with Crippen molar-refractivity contribution < 1.29 is 4.79 Å². The average Bonchev–Trinajstić information content (AvgIpc) is 2.57. The number of thioether (sulfide) groups is 1. The second kappa shape index (κ2) is 7.21. The molecule has 0 aliphatic carbocycles. The molecule has 3 rings (SSSR count). The van der Waals surface area contributed by atoms with Gasteiger partial charge in [0.25, 0.3) is 0 Å². The number of hydrogen-bond donors (Lipinski definition) is 1. The predicted molar refractivity (Wildman–Crippen MR) is 91.2 cm³/mol. The van der Waals surface area contributed by atoms with E-state index >= 15 is 0 Å². The third kappa shape index (κ3) is 3.94. The van der Waals surface area contributed by atoms with Gasteiger partial charge in [-0.05, 0) is 62.1 Å². The normalized spacial score (nSPS) is 22.9. The Labute approximate surface area is 131 Å². The van der Waals surface area contributed by atoms with E-state index in [9.17, 15) is 4.79 Å². The van der Waals surface area contributed by atoms with Crippen molar-refractivity contribution in [1.82, 2.24) is 0 Å². The van der Waals surface area contributed by atoms with Gasteiger partial charge < -0.3 is 10.2 Å². The van der Waals surface area contributed by atoms with E-state index in [4.69, 9.17) is 0 Å². The van der Waals surface area contributed by atoms with Crippen molar-refractivity contribution in [2.24, 2.45) is 5.92 Å². The first kappa shape index (κ1) is 14.8. The fourth-order valence-electron chi connectivity index (χ4n) is 3.10. The minimum Gasteiger partial charge on any atom is -0.372 e. The average molecular weight is 304 g/mol. The number of carbonyl (C=O) groups is 1. The molecule has 4 heteroatoms. The highest BCUT2D eigenvalue weighted by Gasteiger charge is 2.21. The Balaban J connectivity index is 1.57. The molecule has 2 saturated heterocycles. The van der Waals surface area contributed by atoms with Crippen LogP contribution in [0.2, 0.25) is 0 Å². The minimum absolute atomic E-state index is 0.186. The zero-order valence-electron chi connectivity index (χ0n) is 12.5. The third-order valence-corrected chi connectivity index (χ3v) is 5.60. The zero-order chi connectivity index (χ0) is 14.5. The Morgan fingerprint density at radius 3 is 2.52 bits per heavy atom. The molecule has 1 unspecified atom stereocenters. The molecule has 1 aromatic carbocycles. The summed E-state index contributed by atoms with van der Waals surface area (Å²) in [5, 5.41) is 3.07. The van der Waals surface area contributed by atoms with E-state index in [-0.39, 0.29) is 11.8 Å². The predicted octanol–water partition coefficient (Wildman–Crippen LogP) is 3.76. The lowest BCUT2D eigenvalue weighted by atomic mass is 10.0. The summed E-state index contributed by atoms with van der Waals surface area (Å²) in [4.78, 5) is 14.7. The van der Waals surface area contributed by atoms with Gasteiger partial charge in [-0.3, -0.25) is 4.79 Å². The highest BCUT2D eigenvalue weighted by molar-refractivity contribution is 7.99. The van der Waals surface area contributed by atoms with E-state index in [1.807, 2.05) is 23.9 Å². The van der Waals surface area contributed by atoms with Gasteiger partial charge in [-0.25, -0.2) is 0 Å². The molecule has 0 radical (unpaired) electrons. The first-order valence-corrected chi connectivity index (χ1v) is 9.22. The summed E-state index contributed by atoms with van der Waals surface area (Å²) in [6, 6.07) is 8.35. The van der Waals surface area contributed by atoms with E-state index in [1.54, 1.807) is 0 Å². The fourth-order valence-corrected chi connectivity index (χ4v) is 4.24. The molecule has 0 bridgehead atoms. The Morgan fingerprint density at radius 1 is 1.10 bits per heavy atom. The van der Waals surface area contributed by atoms with Crippen molar-refractivity contribution >= 4 is 29.0 Å². The molecule has 1 aromatic rings. The Kier molecular flexibility index (Phi) is 5.07. The van der Waals surface area contributed by atoms with Gasteiger partial charge in [0.2, 0.25) is 5.91 Å². The van der Waals surface area contributed by atoms with Crippen LogP contribution in [-0.4, -0.2) is 30.5 Å². The minimum atomic E-state index is 0.186. The highest BCUT2D eigenvalue weighted by Crippen LogP contribution is 2.25. The summed E-state index contributed by atoms with van der Waals surface area (Å²) >= 11 is 1.90. The van der Waals surface area contributed by atoms with Gasteiger partial charge in [0.15, 0.2) is 0 Å². The first-order valence-electron chi connectivity index (χ1n) is 8.06. The number of nitrogens with one attached hydrogen (secondary N) is 1. The van der Waals surface area contributed by atoms with Crippen molar-refractivity contribution in [3.63, 3.8) is 0 Å². The van der Waals surface area contributed by atoms with Gasteiger partial charge in [0, 0.05) is 36.1 Å². The lowest BCUT2D eigenvalue weighted by molar-refractivity contribution is -0.119. The van der Waals surface area contributed by atoms with Crippen molar-refractivity contribution in [2.45, 2.75) is 32.1 Å². The van der Waals surface area contributed by atoms with Crippen LogP contribution >= 0.6 is 11.8 Å². The Morgan fingerprint density at radius 2 is 1.86 bits per heavy atom. The number of nitrogens with zero attached hydrogens (tertiary/aromatic N) is 1. The van der Waals surface area contributed by atoms with Gasteiger partial charge in [-0.1, -0.05) is 0 Å². The van der Waals surface area contributed by atoms with Crippen LogP contribution in [0.25, 0.3) is 0 Å². The number of anilines is 2. The fraction of sp³-hybridized carbons (Fsp3) is 0.588. The molecule has 2 fully saturated rings. The van der Waals surface area contributed by atoms with Crippen LogP contribution in [0.15, 0.2) is 24.3 Å². The summed E-state index contributed by atoms with van der Waals surface area (Å²) in [6.45, 7) is 2.32. The van der Waals surface area contributed by atoms with Gasteiger partial charge in [-0.2, -0.15) is 11.8 Å². The van der Waals surface area contributed by atoms with Crippen molar-refractivity contribution in [3.8, 4) is 0 Å². The van der Waals surface area contributed by atoms with Crippen LogP contribution in [-0.2, 0) is 4.79 Å². The summed E-state index contributed by atoms with van der Waals surface area (Å²) in [5.74, 6) is 2.55. The van der Waals surface area contributed by atoms with E-state index in [1.165, 1.54) is 30.7 Å². The van der Waals surface area contributed by atoms with Gasteiger partial charge >= 0.3 is 0 Å². The molecule has 1 amide bonds. The number of amides is 1. The zero-order valence-corrected chi connectivity index (χ0v) is 13.3. The molecule has 1 N–H and O–H groups in total. The highest BCUT2D eigenvalue weighted by atomic mass is 32.2. The maximum absolute atomic E-state index is 12.2. The molecule has 3 nitrogen and oxygen atoms in total. The molecular formula is C17H24N2OS. The summed E-state index contributed by atoms with van der Waals surface area (Å²) < 4.78 is 0. The van der Waals surface area contributed by atoms with Crippen molar-refractivity contribution in [2.75, 3.05) is 34.8 Å². The number of piperidine rings is 1. The van der Waals surface area contributed by atoms with Crippen molar-refractivity contribution in [1.29, 1.82) is 0 Å². The topological polar surface area (TPSA) is 32.3 Å². The Hall–Kier alpha value is -1.16. The number of rotatable bonds is 3. The summed E-state index contributed by atoms with van der Waals surface area (Å²) in [7, 11) is 0. The molecule has 2 heterocycles. The molecule has 0 saturated carbocycles. The van der Waals surface area contributed by atoms with Crippen LogP contribution in [0.5, 0.6) is 0 Å². The molecule has 114 valence electrons. The molecule has 2 aliphatic rings. The van der Waals surface area contributed by atoms with Crippen LogP contribution in [0, 0.1) is 5.92 Å². The number of hydrogen-bond acceptors (Lipinski definition) is 3. The first-order chi connectivity index (χ1) is 10.3. The lowest BCUT2D eigenvalue weighted by Crippen LogP contribution is -2.29. The van der Waals surface area contributed by atoms with E-state index in [0.717, 1.165) is 37.4 Å². The second-order valence-corrected chi connectivity index (χ2v) is 7.15. The quantitative estimate of drug-likeness (QED) is 0.923. The number of benzene rings is 1. The maximum Gasteiger partial charge on any atom is 0.228 e. The van der Waals surface area contributed by atoms with Gasteiger partial charge in [-0.15, -0.1) is 0 Å².